The Morgan fingerprint density at radius 2 is 1.94 bits per heavy atom. The van der Waals surface area contributed by atoms with Crippen LogP contribution in [0.5, 0.6) is 5.75 Å². The van der Waals surface area contributed by atoms with Gasteiger partial charge in [0.1, 0.15) is 11.8 Å². The third-order valence-electron chi connectivity index (χ3n) is 2.02. The quantitative estimate of drug-likeness (QED) is 0.776. The fraction of sp³-hybridized carbons (Fsp3) is 0.364. The van der Waals surface area contributed by atoms with Crippen molar-refractivity contribution in [3.8, 4) is 11.8 Å². The number of hydrogen-bond donors (Lipinski definition) is 0. The van der Waals surface area contributed by atoms with Crippen LogP contribution in [-0.2, 0) is 0 Å². The van der Waals surface area contributed by atoms with Crippen molar-refractivity contribution < 1.29 is 17.9 Å². The standard InChI is InChI=1S/C11H10F3NO/c1-7(2)8-3-4-9(6-15)10(5-8)16-11(12,13)14/h3-5,7H,1-2H3. The van der Waals surface area contributed by atoms with E-state index in [-0.39, 0.29) is 11.5 Å². The van der Waals surface area contributed by atoms with E-state index in [9.17, 15) is 13.2 Å². The van der Waals surface area contributed by atoms with Crippen LogP contribution in [0.15, 0.2) is 18.2 Å². The number of hydrogen-bond acceptors (Lipinski definition) is 2. The van der Waals surface area contributed by atoms with Gasteiger partial charge >= 0.3 is 6.36 Å². The summed E-state index contributed by atoms with van der Waals surface area (Å²) < 4.78 is 40.0. The van der Waals surface area contributed by atoms with Gasteiger partial charge < -0.3 is 4.74 Å². The summed E-state index contributed by atoms with van der Waals surface area (Å²) in [5, 5.41) is 8.65. The zero-order chi connectivity index (χ0) is 12.3. The van der Waals surface area contributed by atoms with Crippen molar-refractivity contribution in [1.29, 1.82) is 5.26 Å². The summed E-state index contributed by atoms with van der Waals surface area (Å²) in [4.78, 5) is 0. The first-order valence-electron chi connectivity index (χ1n) is 4.63. The molecule has 0 aromatic heterocycles. The Kier molecular flexibility index (Phi) is 3.43. The van der Waals surface area contributed by atoms with Crippen LogP contribution in [0.25, 0.3) is 0 Å². The van der Waals surface area contributed by atoms with Crippen LogP contribution in [0.4, 0.5) is 13.2 Å². The Labute approximate surface area is 91.3 Å². The number of alkyl halides is 3. The van der Waals surface area contributed by atoms with Gasteiger partial charge in [0.15, 0.2) is 0 Å². The van der Waals surface area contributed by atoms with Crippen LogP contribution < -0.4 is 4.74 Å². The van der Waals surface area contributed by atoms with Crippen molar-refractivity contribution in [2.75, 3.05) is 0 Å². The van der Waals surface area contributed by atoms with Gasteiger partial charge in [-0.1, -0.05) is 19.9 Å². The Morgan fingerprint density at radius 3 is 2.38 bits per heavy atom. The largest absolute Gasteiger partial charge is 0.573 e. The second-order valence-corrected chi connectivity index (χ2v) is 3.57. The van der Waals surface area contributed by atoms with E-state index in [1.807, 2.05) is 13.8 Å². The lowest BCUT2D eigenvalue weighted by atomic mass is 10.0. The number of ether oxygens (including phenoxy) is 1. The van der Waals surface area contributed by atoms with Gasteiger partial charge in [0, 0.05) is 0 Å². The third kappa shape index (κ3) is 3.16. The maximum Gasteiger partial charge on any atom is 0.573 e. The lowest BCUT2D eigenvalue weighted by Gasteiger charge is -2.12. The zero-order valence-corrected chi connectivity index (χ0v) is 8.80. The molecular weight excluding hydrogens is 219 g/mol. The highest BCUT2D eigenvalue weighted by atomic mass is 19.4. The van der Waals surface area contributed by atoms with E-state index in [0.717, 1.165) is 0 Å². The highest BCUT2D eigenvalue weighted by Gasteiger charge is 2.32. The van der Waals surface area contributed by atoms with Crippen molar-refractivity contribution in [1.82, 2.24) is 0 Å². The summed E-state index contributed by atoms with van der Waals surface area (Å²) in [6, 6.07) is 5.85. The van der Waals surface area contributed by atoms with Crippen LogP contribution in [0.3, 0.4) is 0 Å². The molecule has 0 saturated heterocycles. The van der Waals surface area contributed by atoms with Gasteiger partial charge in [-0.25, -0.2) is 0 Å². The lowest BCUT2D eigenvalue weighted by Crippen LogP contribution is -2.18. The highest BCUT2D eigenvalue weighted by Crippen LogP contribution is 2.29. The van der Waals surface area contributed by atoms with Crippen molar-refractivity contribution in [3.05, 3.63) is 29.3 Å². The molecule has 0 fully saturated rings. The Bertz CT molecular complexity index is 418. The summed E-state index contributed by atoms with van der Waals surface area (Å²) >= 11 is 0. The van der Waals surface area contributed by atoms with Gasteiger partial charge in [0.25, 0.3) is 0 Å². The molecule has 0 spiro atoms. The SMILES string of the molecule is CC(C)c1ccc(C#N)c(OC(F)(F)F)c1. The average molecular weight is 229 g/mol. The van der Waals surface area contributed by atoms with Crippen molar-refractivity contribution in [3.63, 3.8) is 0 Å². The first-order valence-corrected chi connectivity index (χ1v) is 4.63. The molecule has 0 aliphatic carbocycles. The summed E-state index contributed by atoms with van der Waals surface area (Å²) in [6.07, 6.45) is -4.78. The average Bonchev–Trinajstić information content (AvgIpc) is 2.15. The van der Waals surface area contributed by atoms with E-state index >= 15 is 0 Å². The predicted octanol–water partition coefficient (Wildman–Crippen LogP) is 3.58. The van der Waals surface area contributed by atoms with Gasteiger partial charge in [-0.3, -0.25) is 0 Å². The molecule has 0 bridgehead atoms. The monoisotopic (exact) mass is 229 g/mol. The molecule has 0 aliphatic heterocycles. The van der Waals surface area contributed by atoms with Gasteiger partial charge in [-0.15, -0.1) is 13.2 Å². The third-order valence-corrected chi connectivity index (χ3v) is 2.02. The topological polar surface area (TPSA) is 33.0 Å². The molecule has 2 nitrogen and oxygen atoms in total. The van der Waals surface area contributed by atoms with Crippen LogP contribution >= 0.6 is 0 Å². The Morgan fingerprint density at radius 1 is 1.31 bits per heavy atom. The molecule has 0 heterocycles. The Balaban J connectivity index is 3.14. The second-order valence-electron chi connectivity index (χ2n) is 3.57. The molecule has 0 aliphatic rings. The molecule has 0 unspecified atom stereocenters. The van der Waals surface area contributed by atoms with E-state index in [0.29, 0.717) is 5.56 Å². The summed E-state index contributed by atoms with van der Waals surface area (Å²) in [5.41, 5.74) is 0.569. The minimum atomic E-state index is -4.78. The first-order chi connectivity index (χ1) is 7.33. The van der Waals surface area contributed by atoms with Crippen molar-refractivity contribution in [2.24, 2.45) is 0 Å². The molecular formula is C11H10F3NO. The molecule has 1 aromatic carbocycles. The maximum absolute atomic E-state index is 12.1. The second kappa shape index (κ2) is 4.44. The first kappa shape index (κ1) is 12.4. The fourth-order valence-corrected chi connectivity index (χ4v) is 1.20. The molecule has 0 saturated carbocycles. The number of nitriles is 1. The lowest BCUT2D eigenvalue weighted by molar-refractivity contribution is -0.274. The minimum Gasteiger partial charge on any atom is -0.404 e. The summed E-state index contributed by atoms with van der Waals surface area (Å²) in [5.74, 6) is -0.371. The van der Waals surface area contributed by atoms with Gasteiger partial charge in [0.2, 0.25) is 0 Å². The van der Waals surface area contributed by atoms with Gasteiger partial charge in [-0.2, -0.15) is 5.26 Å². The summed E-state index contributed by atoms with van der Waals surface area (Å²) in [6.45, 7) is 3.69. The molecule has 16 heavy (non-hydrogen) atoms. The van der Waals surface area contributed by atoms with Crippen LogP contribution in [-0.4, -0.2) is 6.36 Å². The maximum atomic E-state index is 12.1. The smallest absolute Gasteiger partial charge is 0.404 e. The molecule has 0 atom stereocenters. The number of rotatable bonds is 2. The van der Waals surface area contributed by atoms with E-state index in [2.05, 4.69) is 4.74 Å². The zero-order valence-electron chi connectivity index (χ0n) is 8.80. The fourth-order valence-electron chi connectivity index (χ4n) is 1.20. The van der Waals surface area contributed by atoms with E-state index in [1.165, 1.54) is 12.1 Å². The van der Waals surface area contributed by atoms with Crippen molar-refractivity contribution in [2.45, 2.75) is 26.1 Å². The van der Waals surface area contributed by atoms with E-state index in [4.69, 9.17) is 5.26 Å². The molecule has 1 aromatic rings. The highest BCUT2D eigenvalue weighted by molar-refractivity contribution is 5.46. The number of benzene rings is 1. The molecule has 5 heteroatoms. The number of nitrogens with zero attached hydrogens (tertiary/aromatic N) is 1. The summed E-state index contributed by atoms with van der Waals surface area (Å²) in [7, 11) is 0. The molecule has 86 valence electrons. The van der Waals surface area contributed by atoms with E-state index < -0.39 is 12.1 Å². The van der Waals surface area contributed by atoms with Crippen LogP contribution in [0, 0.1) is 11.3 Å². The van der Waals surface area contributed by atoms with Gasteiger partial charge in [-0.05, 0) is 23.6 Å². The molecule has 0 amide bonds. The molecule has 0 radical (unpaired) electrons. The van der Waals surface area contributed by atoms with E-state index in [1.54, 1.807) is 12.1 Å². The number of halogens is 3. The van der Waals surface area contributed by atoms with Crippen LogP contribution in [0.1, 0.15) is 30.9 Å². The Hall–Kier alpha value is -1.70. The molecule has 1 rings (SSSR count). The van der Waals surface area contributed by atoms with Gasteiger partial charge in [0.05, 0.1) is 5.56 Å². The normalized spacial score (nSPS) is 11.3. The van der Waals surface area contributed by atoms with Crippen LogP contribution in [0.2, 0.25) is 0 Å². The van der Waals surface area contributed by atoms with Crippen molar-refractivity contribution >= 4 is 0 Å². The predicted molar refractivity (Wildman–Crippen MR) is 51.9 cm³/mol. The minimum absolute atomic E-state index is 0.0725. The molecule has 0 N–H and O–H groups in total.